The number of carbonyl (C=O) groups excluding carboxylic acids is 2. The SMILES string of the molecule is O=C(CC1(C(=O)NCc2ccc(Nc3ccc(F)cc3C(F)(F)F)cn2)CC1)c1cnc(N2CCCCC2)nc1. The van der Waals surface area contributed by atoms with Crippen LogP contribution in [0.2, 0.25) is 0 Å². The lowest BCUT2D eigenvalue weighted by Crippen LogP contribution is -2.33. The van der Waals surface area contributed by atoms with E-state index in [1.54, 1.807) is 6.07 Å². The summed E-state index contributed by atoms with van der Waals surface area (Å²) in [4.78, 5) is 40.8. The summed E-state index contributed by atoms with van der Waals surface area (Å²) in [5.74, 6) is -0.819. The molecule has 5 rings (SSSR count). The number of nitrogens with zero attached hydrogens (tertiary/aromatic N) is 4. The van der Waals surface area contributed by atoms with Gasteiger partial charge in [0, 0.05) is 31.9 Å². The van der Waals surface area contributed by atoms with Crippen molar-refractivity contribution in [2.45, 2.75) is 51.2 Å². The Hall–Kier alpha value is -4.09. The number of hydrogen-bond acceptors (Lipinski definition) is 7. The topological polar surface area (TPSA) is 100 Å². The Bertz CT molecular complexity index is 1370. The van der Waals surface area contributed by atoms with Crippen LogP contribution in [0, 0.1) is 11.2 Å². The molecule has 0 spiro atoms. The first-order valence-electron chi connectivity index (χ1n) is 13.1. The van der Waals surface area contributed by atoms with E-state index in [0.717, 1.165) is 38.1 Å². The minimum absolute atomic E-state index is 0.0563. The standard InChI is InChI=1S/C28H28F4N6O2/c29-19-4-7-23(22(12-19)28(30,31)32)37-21-6-5-20(33-17-21)16-34-25(40)27(8-9-27)13-24(39)18-14-35-26(36-15-18)38-10-2-1-3-11-38/h4-7,12,14-15,17,37H,1-3,8-11,13,16H2,(H,34,40). The number of nitrogens with one attached hydrogen (secondary N) is 2. The summed E-state index contributed by atoms with van der Waals surface area (Å²) in [5.41, 5.74) is -1.08. The number of halogens is 4. The van der Waals surface area contributed by atoms with Crippen molar-refractivity contribution in [3.8, 4) is 0 Å². The molecule has 2 aromatic heterocycles. The van der Waals surface area contributed by atoms with Gasteiger partial charge in [-0.3, -0.25) is 14.6 Å². The molecule has 1 aromatic carbocycles. The average molecular weight is 557 g/mol. The van der Waals surface area contributed by atoms with Gasteiger partial charge in [0.25, 0.3) is 0 Å². The molecule has 1 aliphatic heterocycles. The molecular weight excluding hydrogens is 528 g/mol. The molecule has 3 heterocycles. The van der Waals surface area contributed by atoms with Crippen LogP contribution >= 0.6 is 0 Å². The fourth-order valence-electron chi connectivity index (χ4n) is 4.74. The Balaban J connectivity index is 1.14. The van der Waals surface area contributed by atoms with Crippen LogP contribution in [0.5, 0.6) is 0 Å². The van der Waals surface area contributed by atoms with Crippen molar-refractivity contribution in [3.63, 3.8) is 0 Å². The van der Waals surface area contributed by atoms with Gasteiger partial charge in [-0.1, -0.05) is 0 Å². The molecule has 1 aliphatic carbocycles. The highest BCUT2D eigenvalue weighted by Gasteiger charge is 2.51. The first kappa shape index (κ1) is 27.5. The number of ketones is 1. The van der Waals surface area contributed by atoms with E-state index in [1.165, 1.54) is 31.1 Å². The number of rotatable bonds is 9. The van der Waals surface area contributed by atoms with Crippen molar-refractivity contribution in [3.05, 3.63) is 71.6 Å². The minimum Gasteiger partial charge on any atom is -0.354 e. The second-order valence-corrected chi connectivity index (χ2v) is 10.2. The number of pyridine rings is 1. The molecule has 12 heteroatoms. The molecule has 2 fully saturated rings. The summed E-state index contributed by atoms with van der Waals surface area (Å²) in [6.45, 7) is 1.89. The maximum Gasteiger partial charge on any atom is 0.418 e. The van der Waals surface area contributed by atoms with Crippen LogP contribution in [0.3, 0.4) is 0 Å². The molecule has 2 aliphatic rings. The Morgan fingerprint density at radius 1 is 0.950 bits per heavy atom. The van der Waals surface area contributed by atoms with Gasteiger partial charge in [0.1, 0.15) is 5.82 Å². The van der Waals surface area contributed by atoms with E-state index < -0.39 is 23.0 Å². The number of piperidine rings is 1. The third kappa shape index (κ3) is 6.37. The van der Waals surface area contributed by atoms with Gasteiger partial charge in [-0.15, -0.1) is 0 Å². The lowest BCUT2D eigenvalue weighted by atomic mass is 9.96. The number of Topliss-reactive ketones (excluding diaryl/α,β-unsaturated/α-hetero) is 1. The van der Waals surface area contributed by atoms with Gasteiger partial charge in [0.2, 0.25) is 11.9 Å². The molecule has 0 unspecified atom stereocenters. The number of hydrogen-bond donors (Lipinski definition) is 2. The van der Waals surface area contributed by atoms with Gasteiger partial charge in [-0.2, -0.15) is 13.2 Å². The molecule has 1 saturated carbocycles. The quantitative estimate of drug-likeness (QED) is 0.268. The summed E-state index contributed by atoms with van der Waals surface area (Å²) in [6.07, 6.45) is 4.27. The molecular formula is C28H28F4N6O2. The van der Waals surface area contributed by atoms with Crippen molar-refractivity contribution in [2.75, 3.05) is 23.3 Å². The van der Waals surface area contributed by atoms with Crippen LogP contribution in [0.25, 0.3) is 0 Å². The smallest absolute Gasteiger partial charge is 0.354 e. The molecule has 0 radical (unpaired) electrons. The maximum atomic E-state index is 13.3. The predicted molar refractivity (Wildman–Crippen MR) is 139 cm³/mol. The lowest BCUT2D eigenvalue weighted by molar-refractivity contribution is -0.137. The molecule has 210 valence electrons. The highest BCUT2D eigenvalue weighted by molar-refractivity contribution is 6.00. The number of anilines is 3. The Kier molecular flexibility index (Phi) is 7.68. The largest absolute Gasteiger partial charge is 0.418 e. The van der Waals surface area contributed by atoms with E-state index in [0.29, 0.717) is 36.1 Å². The predicted octanol–water partition coefficient (Wildman–Crippen LogP) is 5.43. The van der Waals surface area contributed by atoms with Crippen LogP contribution in [0.1, 0.15) is 60.1 Å². The number of alkyl halides is 3. The Labute approximate surface area is 228 Å². The van der Waals surface area contributed by atoms with Gasteiger partial charge in [0.15, 0.2) is 5.78 Å². The van der Waals surface area contributed by atoms with E-state index in [-0.39, 0.29) is 36.0 Å². The maximum absolute atomic E-state index is 13.3. The van der Waals surface area contributed by atoms with Crippen LogP contribution in [0.15, 0.2) is 48.9 Å². The van der Waals surface area contributed by atoms with Gasteiger partial charge >= 0.3 is 6.18 Å². The molecule has 8 nitrogen and oxygen atoms in total. The van der Waals surface area contributed by atoms with E-state index in [2.05, 4.69) is 30.5 Å². The fraction of sp³-hybridized carbons (Fsp3) is 0.393. The zero-order valence-electron chi connectivity index (χ0n) is 21.6. The van der Waals surface area contributed by atoms with Crippen molar-refractivity contribution in [1.82, 2.24) is 20.3 Å². The second kappa shape index (κ2) is 11.2. The van der Waals surface area contributed by atoms with Crippen molar-refractivity contribution in [1.29, 1.82) is 0 Å². The van der Waals surface area contributed by atoms with Crippen molar-refractivity contribution >= 4 is 29.0 Å². The van der Waals surface area contributed by atoms with E-state index >= 15 is 0 Å². The van der Waals surface area contributed by atoms with Gasteiger partial charge in [-0.25, -0.2) is 14.4 Å². The Morgan fingerprint density at radius 3 is 2.30 bits per heavy atom. The normalized spacial score (nSPS) is 16.4. The summed E-state index contributed by atoms with van der Waals surface area (Å²) in [5, 5.41) is 5.42. The third-order valence-corrected chi connectivity index (χ3v) is 7.25. The Morgan fingerprint density at radius 2 is 1.68 bits per heavy atom. The molecule has 0 atom stereocenters. The third-order valence-electron chi connectivity index (χ3n) is 7.25. The van der Waals surface area contributed by atoms with Crippen LogP contribution in [-0.2, 0) is 17.5 Å². The fourth-order valence-corrected chi connectivity index (χ4v) is 4.74. The van der Waals surface area contributed by atoms with E-state index in [4.69, 9.17) is 0 Å². The first-order valence-corrected chi connectivity index (χ1v) is 13.1. The zero-order chi connectivity index (χ0) is 28.3. The average Bonchev–Trinajstić information content (AvgIpc) is 3.74. The van der Waals surface area contributed by atoms with E-state index in [1.807, 2.05) is 0 Å². The molecule has 2 N–H and O–H groups in total. The number of benzene rings is 1. The minimum atomic E-state index is -4.73. The highest BCUT2D eigenvalue weighted by atomic mass is 19.4. The van der Waals surface area contributed by atoms with Crippen molar-refractivity contribution in [2.24, 2.45) is 5.41 Å². The van der Waals surface area contributed by atoms with E-state index in [9.17, 15) is 27.2 Å². The van der Waals surface area contributed by atoms with Crippen LogP contribution in [-0.4, -0.2) is 39.7 Å². The van der Waals surface area contributed by atoms with Crippen molar-refractivity contribution < 1.29 is 27.2 Å². The molecule has 40 heavy (non-hydrogen) atoms. The summed E-state index contributed by atoms with van der Waals surface area (Å²) >= 11 is 0. The lowest BCUT2D eigenvalue weighted by Gasteiger charge is -2.26. The zero-order valence-corrected chi connectivity index (χ0v) is 21.6. The monoisotopic (exact) mass is 556 g/mol. The summed E-state index contributed by atoms with van der Waals surface area (Å²) in [6, 6.07) is 5.45. The van der Waals surface area contributed by atoms with Gasteiger partial charge in [-0.05, 0) is 62.4 Å². The van der Waals surface area contributed by atoms with Gasteiger partial charge < -0.3 is 15.5 Å². The van der Waals surface area contributed by atoms with Crippen LogP contribution in [0.4, 0.5) is 34.9 Å². The van der Waals surface area contributed by atoms with Crippen LogP contribution < -0.4 is 15.5 Å². The number of carbonyl (C=O) groups is 2. The molecule has 1 amide bonds. The summed E-state index contributed by atoms with van der Waals surface area (Å²) in [7, 11) is 0. The number of aromatic nitrogens is 3. The summed E-state index contributed by atoms with van der Waals surface area (Å²) < 4.78 is 53.1. The number of amides is 1. The molecule has 0 bridgehead atoms. The highest BCUT2D eigenvalue weighted by Crippen LogP contribution is 2.49. The van der Waals surface area contributed by atoms with Gasteiger partial charge in [0.05, 0.1) is 46.4 Å². The first-order chi connectivity index (χ1) is 19.1. The molecule has 3 aromatic rings. The molecule has 1 saturated heterocycles. The second-order valence-electron chi connectivity index (χ2n) is 10.2.